The molecule has 0 saturated heterocycles. The third-order valence-corrected chi connectivity index (χ3v) is 6.38. The molecule has 3 aromatic carbocycles. The van der Waals surface area contributed by atoms with E-state index in [1.165, 1.54) is 0 Å². The van der Waals surface area contributed by atoms with E-state index in [-0.39, 0.29) is 18.6 Å². The highest BCUT2D eigenvalue weighted by molar-refractivity contribution is 6.30. The molecule has 0 radical (unpaired) electrons. The van der Waals surface area contributed by atoms with Crippen molar-refractivity contribution in [2.75, 3.05) is 39.3 Å². The fraction of sp³-hybridized carbons (Fsp3) is 0.286. The molecule has 0 unspecified atom stereocenters. The molecule has 8 nitrogen and oxygen atoms in total. The van der Waals surface area contributed by atoms with Crippen LogP contribution in [0, 0.1) is 0 Å². The van der Waals surface area contributed by atoms with Gasteiger partial charge in [-0.1, -0.05) is 11.6 Å². The third-order valence-electron chi connectivity index (χ3n) is 6.13. The maximum absolute atomic E-state index is 13.4. The largest absolute Gasteiger partial charge is 0.493 e. The summed E-state index contributed by atoms with van der Waals surface area (Å²) < 4.78 is 22.2. The molecule has 0 saturated carbocycles. The number of ether oxygens (including phenoxy) is 4. The average Bonchev–Trinajstić information content (AvgIpc) is 2.92. The van der Waals surface area contributed by atoms with Crippen molar-refractivity contribution < 1.29 is 28.5 Å². The zero-order valence-corrected chi connectivity index (χ0v) is 21.7. The first-order valence-corrected chi connectivity index (χ1v) is 12.3. The molecule has 2 amide bonds. The summed E-state index contributed by atoms with van der Waals surface area (Å²) in [5.41, 5.74) is 3.05. The number of halogens is 1. The third kappa shape index (κ3) is 6.09. The summed E-state index contributed by atoms with van der Waals surface area (Å²) in [5.74, 6) is 1.39. The van der Waals surface area contributed by atoms with Gasteiger partial charge >= 0.3 is 12.0 Å². The Labute approximate surface area is 221 Å². The lowest BCUT2D eigenvalue weighted by Crippen LogP contribution is -2.44. The van der Waals surface area contributed by atoms with Gasteiger partial charge in [-0.2, -0.15) is 0 Å². The van der Waals surface area contributed by atoms with Crippen molar-refractivity contribution in [3.63, 3.8) is 0 Å². The molecule has 1 heterocycles. The van der Waals surface area contributed by atoms with Crippen LogP contribution in [0.3, 0.4) is 0 Å². The Morgan fingerprint density at radius 1 is 1.00 bits per heavy atom. The van der Waals surface area contributed by atoms with Gasteiger partial charge in [-0.05, 0) is 85.1 Å². The molecule has 0 aliphatic carbocycles. The molecule has 37 heavy (non-hydrogen) atoms. The van der Waals surface area contributed by atoms with Crippen LogP contribution in [-0.4, -0.2) is 50.9 Å². The van der Waals surface area contributed by atoms with Gasteiger partial charge in [0.15, 0.2) is 11.5 Å². The number of urea groups is 1. The van der Waals surface area contributed by atoms with Crippen LogP contribution < -0.4 is 19.5 Å². The minimum absolute atomic E-state index is 0.190. The Balaban J connectivity index is 1.59. The second-order valence-electron chi connectivity index (χ2n) is 8.36. The zero-order chi connectivity index (χ0) is 26.4. The minimum Gasteiger partial charge on any atom is -0.493 e. The Kier molecular flexibility index (Phi) is 8.40. The van der Waals surface area contributed by atoms with Crippen LogP contribution in [0.1, 0.15) is 34.5 Å². The van der Waals surface area contributed by atoms with Gasteiger partial charge in [0.2, 0.25) is 0 Å². The highest BCUT2D eigenvalue weighted by Gasteiger charge is 2.33. The number of amides is 2. The van der Waals surface area contributed by atoms with Crippen molar-refractivity contribution in [1.29, 1.82) is 0 Å². The second kappa shape index (κ2) is 11.9. The van der Waals surface area contributed by atoms with E-state index >= 15 is 0 Å². The number of rotatable bonds is 8. The van der Waals surface area contributed by atoms with Crippen molar-refractivity contribution in [2.24, 2.45) is 0 Å². The first-order valence-electron chi connectivity index (χ1n) is 11.9. The number of benzene rings is 3. The van der Waals surface area contributed by atoms with Crippen LogP contribution in [0.5, 0.6) is 17.2 Å². The number of anilines is 1. The molecule has 0 bridgehead atoms. The number of nitrogens with one attached hydrogen (secondary N) is 1. The number of carbonyl (C=O) groups is 2. The summed E-state index contributed by atoms with van der Waals surface area (Å²) in [6.45, 7) is 2.74. The van der Waals surface area contributed by atoms with Gasteiger partial charge in [0.1, 0.15) is 12.4 Å². The SMILES string of the molecule is CCOC(=O)c1ccc(OC[C@H]2c3cc(OC)c(OC)cc3CCN2C(=O)Nc2ccc(Cl)cc2)cc1. The van der Waals surface area contributed by atoms with Crippen LogP contribution in [-0.2, 0) is 11.2 Å². The summed E-state index contributed by atoms with van der Waals surface area (Å²) >= 11 is 5.98. The topological polar surface area (TPSA) is 86.3 Å². The van der Waals surface area contributed by atoms with Gasteiger partial charge in [0, 0.05) is 17.3 Å². The van der Waals surface area contributed by atoms with E-state index in [1.54, 1.807) is 74.6 Å². The van der Waals surface area contributed by atoms with Crippen molar-refractivity contribution in [3.8, 4) is 17.2 Å². The Morgan fingerprint density at radius 2 is 1.68 bits per heavy atom. The molecule has 194 valence electrons. The molecule has 0 spiro atoms. The standard InChI is InChI=1S/C28H29ClN2O6/c1-4-36-27(32)18-5-11-22(12-6-18)37-17-24-23-16-26(35-3)25(34-2)15-19(23)13-14-31(24)28(33)30-21-9-7-20(29)8-10-21/h5-12,15-16,24H,4,13-14,17H2,1-3H3,(H,30,33)/t24-/m0/s1. The van der Waals surface area contributed by atoms with Gasteiger partial charge in [-0.25, -0.2) is 9.59 Å². The van der Waals surface area contributed by atoms with Gasteiger partial charge in [0.05, 0.1) is 32.4 Å². The number of hydrogen-bond donors (Lipinski definition) is 1. The molecule has 3 aromatic rings. The minimum atomic E-state index is -0.402. The highest BCUT2D eigenvalue weighted by atomic mass is 35.5. The lowest BCUT2D eigenvalue weighted by atomic mass is 9.92. The number of fused-ring (bicyclic) bond motifs is 1. The Hall–Kier alpha value is -3.91. The van der Waals surface area contributed by atoms with Gasteiger partial charge in [0.25, 0.3) is 0 Å². The van der Waals surface area contributed by atoms with E-state index < -0.39 is 6.04 Å². The van der Waals surface area contributed by atoms with E-state index in [1.807, 2.05) is 12.1 Å². The van der Waals surface area contributed by atoms with Crippen molar-refractivity contribution >= 4 is 29.3 Å². The molecule has 0 aromatic heterocycles. The average molecular weight is 525 g/mol. The maximum atomic E-state index is 13.4. The van der Waals surface area contributed by atoms with E-state index in [0.29, 0.717) is 53.1 Å². The van der Waals surface area contributed by atoms with Crippen LogP contribution in [0.4, 0.5) is 10.5 Å². The summed E-state index contributed by atoms with van der Waals surface area (Å²) in [4.78, 5) is 27.1. The quantitative estimate of drug-likeness (QED) is 0.378. The Morgan fingerprint density at radius 3 is 2.32 bits per heavy atom. The van der Waals surface area contributed by atoms with Crippen LogP contribution in [0.15, 0.2) is 60.7 Å². The highest BCUT2D eigenvalue weighted by Crippen LogP contribution is 2.38. The summed E-state index contributed by atoms with van der Waals surface area (Å²) in [5, 5.41) is 3.54. The molecule has 1 atom stereocenters. The van der Waals surface area contributed by atoms with Crippen LogP contribution in [0.2, 0.25) is 5.02 Å². The first kappa shape index (κ1) is 26.2. The molecule has 1 aliphatic rings. The number of hydrogen-bond acceptors (Lipinski definition) is 6. The summed E-state index contributed by atoms with van der Waals surface area (Å²) in [7, 11) is 3.17. The fourth-order valence-electron chi connectivity index (χ4n) is 4.26. The molecular formula is C28H29ClN2O6. The smallest absolute Gasteiger partial charge is 0.338 e. The van der Waals surface area contributed by atoms with Crippen molar-refractivity contribution in [1.82, 2.24) is 4.90 Å². The van der Waals surface area contributed by atoms with E-state index in [2.05, 4.69) is 5.32 Å². The monoisotopic (exact) mass is 524 g/mol. The van der Waals surface area contributed by atoms with Gasteiger partial charge in [-0.3, -0.25) is 0 Å². The zero-order valence-electron chi connectivity index (χ0n) is 21.0. The second-order valence-corrected chi connectivity index (χ2v) is 8.79. The van der Waals surface area contributed by atoms with Crippen LogP contribution in [0.25, 0.3) is 0 Å². The van der Waals surface area contributed by atoms with Crippen molar-refractivity contribution in [2.45, 2.75) is 19.4 Å². The van der Waals surface area contributed by atoms with Crippen LogP contribution >= 0.6 is 11.6 Å². The molecule has 9 heteroatoms. The number of nitrogens with zero attached hydrogens (tertiary/aromatic N) is 1. The maximum Gasteiger partial charge on any atom is 0.338 e. The van der Waals surface area contributed by atoms with Crippen molar-refractivity contribution in [3.05, 3.63) is 82.4 Å². The lowest BCUT2D eigenvalue weighted by Gasteiger charge is -2.37. The fourth-order valence-corrected chi connectivity index (χ4v) is 4.38. The normalized spacial score (nSPS) is 14.4. The van der Waals surface area contributed by atoms with Gasteiger partial charge in [-0.15, -0.1) is 0 Å². The molecular weight excluding hydrogens is 496 g/mol. The number of esters is 1. The van der Waals surface area contributed by atoms with E-state index in [9.17, 15) is 9.59 Å². The van der Waals surface area contributed by atoms with Gasteiger partial charge < -0.3 is 29.2 Å². The summed E-state index contributed by atoms with van der Waals surface area (Å²) in [6, 6.07) is 16.9. The molecule has 1 N–H and O–H groups in total. The van der Waals surface area contributed by atoms with E-state index in [4.69, 9.17) is 30.5 Å². The molecule has 1 aliphatic heterocycles. The lowest BCUT2D eigenvalue weighted by molar-refractivity contribution is 0.0526. The first-order chi connectivity index (χ1) is 17.9. The number of methoxy groups -OCH3 is 2. The predicted molar refractivity (Wildman–Crippen MR) is 141 cm³/mol. The predicted octanol–water partition coefficient (Wildman–Crippen LogP) is 5.74. The number of carbonyl (C=O) groups excluding carboxylic acids is 2. The molecule has 0 fully saturated rings. The molecule has 4 rings (SSSR count). The van der Waals surface area contributed by atoms with E-state index in [0.717, 1.165) is 11.1 Å². The summed E-state index contributed by atoms with van der Waals surface area (Å²) in [6.07, 6.45) is 0.647. The Bertz CT molecular complexity index is 1250.